The summed E-state index contributed by atoms with van der Waals surface area (Å²) in [6.45, 7) is 3.64. The predicted molar refractivity (Wildman–Crippen MR) is 121 cm³/mol. The third-order valence-electron chi connectivity index (χ3n) is 6.07. The molecule has 0 spiro atoms. The first-order valence-electron chi connectivity index (χ1n) is 10.3. The third kappa shape index (κ3) is 2.90. The molecule has 1 atom stereocenters. The zero-order valence-corrected chi connectivity index (χ0v) is 17.2. The molecule has 31 heavy (non-hydrogen) atoms. The molecule has 0 aliphatic carbocycles. The van der Waals surface area contributed by atoms with Gasteiger partial charge in [0, 0.05) is 23.9 Å². The number of hydrogen-bond donors (Lipinski definition) is 2. The van der Waals surface area contributed by atoms with Crippen LogP contribution >= 0.6 is 0 Å². The van der Waals surface area contributed by atoms with Crippen molar-refractivity contribution in [2.45, 2.75) is 18.9 Å². The minimum absolute atomic E-state index is 0.319. The van der Waals surface area contributed by atoms with E-state index in [9.17, 15) is 0 Å². The lowest BCUT2D eigenvalue weighted by Crippen LogP contribution is -2.68. The number of nitrogens with zero attached hydrogens (tertiary/aromatic N) is 5. The van der Waals surface area contributed by atoms with E-state index in [4.69, 9.17) is 20.5 Å². The third-order valence-corrected chi connectivity index (χ3v) is 6.07. The summed E-state index contributed by atoms with van der Waals surface area (Å²) < 4.78 is 5.77. The number of ether oxygens (including phenoxy) is 1. The Morgan fingerprint density at radius 1 is 1.16 bits per heavy atom. The number of anilines is 2. The van der Waals surface area contributed by atoms with Gasteiger partial charge in [-0.3, -0.25) is 20.7 Å². The highest BCUT2D eigenvalue weighted by molar-refractivity contribution is 6.18. The van der Waals surface area contributed by atoms with E-state index in [1.165, 1.54) is 0 Å². The van der Waals surface area contributed by atoms with Crippen molar-refractivity contribution in [3.63, 3.8) is 0 Å². The fourth-order valence-electron chi connectivity index (χ4n) is 4.41. The number of rotatable bonds is 4. The van der Waals surface area contributed by atoms with E-state index in [2.05, 4.69) is 14.9 Å². The molecule has 0 saturated carbocycles. The monoisotopic (exact) mass is 413 g/mol. The molecule has 8 nitrogen and oxygen atoms in total. The summed E-state index contributed by atoms with van der Waals surface area (Å²) in [4.78, 5) is 17.9. The van der Waals surface area contributed by atoms with Gasteiger partial charge in [-0.15, -0.1) is 0 Å². The smallest absolute Gasteiger partial charge is 0.163 e. The number of hydrogen-bond acceptors (Lipinski definition) is 7. The Kier molecular flexibility index (Phi) is 4.71. The fourth-order valence-corrected chi connectivity index (χ4v) is 4.41. The number of pyridine rings is 1. The summed E-state index contributed by atoms with van der Waals surface area (Å²) in [7, 11) is 0. The van der Waals surface area contributed by atoms with Crippen LogP contribution in [0.15, 0.2) is 54.9 Å². The molecule has 0 amide bonds. The van der Waals surface area contributed by atoms with Crippen LogP contribution in [0.2, 0.25) is 0 Å². The van der Waals surface area contributed by atoms with Gasteiger partial charge in [0.1, 0.15) is 17.1 Å². The quantitative estimate of drug-likeness (QED) is 0.501. The molecule has 5 rings (SSSR count). The van der Waals surface area contributed by atoms with E-state index in [1.807, 2.05) is 49.4 Å². The number of amidine groups is 1. The first-order valence-corrected chi connectivity index (χ1v) is 10.3. The number of nitrogens with one attached hydrogen (secondary N) is 2. The summed E-state index contributed by atoms with van der Waals surface area (Å²) in [5.74, 6) is 1.61. The molecule has 1 saturated heterocycles. The molecular weight excluding hydrogens is 390 g/mol. The van der Waals surface area contributed by atoms with Crippen molar-refractivity contribution in [1.82, 2.24) is 15.0 Å². The zero-order valence-electron chi connectivity index (χ0n) is 17.2. The largest absolute Gasteiger partial charge is 0.377 e. The lowest BCUT2D eigenvalue weighted by atomic mass is 9.88. The maximum absolute atomic E-state index is 8.80. The summed E-state index contributed by atoms with van der Waals surface area (Å²) >= 11 is 0. The second-order valence-corrected chi connectivity index (χ2v) is 7.61. The molecule has 2 aromatic heterocycles. The summed E-state index contributed by atoms with van der Waals surface area (Å²) in [6, 6.07) is 13.8. The second kappa shape index (κ2) is 7.55. The van der Waals surface area contributed by atoms with E-state index in [0.29, 0.717) is 43.5 Å². The number of benzene rings is 1. The first-order chi connectivity index (χ1) is 15.2. The van der Waals surface area contributed by atoms with Crippen LogP contribution in [0.25, 0.3) is 22.6 Å². The number of aromatic nitrogens is 3. The van der Waals surface area contributed by atoms with Crippen LogP contribution in [-0.2, 0) is 4.74 Å². The van der Waals surface area contributed by atoms with Gasteiger partial charge in [-0.2, -0.15) is 0 Å². The molecule has 1 fully saturated rings. The van der Waals surface area contributed by atoms with Crippen molar-refractivity contribution < 1.29 is 4.74 Å². The highest BCUT2D eigenvalue weighted by Crippen LogP contribution is 2.42. The molecule has 1 aromatic carbocycles. The van der Waals surface area contributed by atoms with Crippen molar-refractivity contribution in [2.75, 3.05) is 29.6 Å². The van der Waals surface area contributed by atoms with Gasteiger partial charge in [0.15, 0.2) is 11.6 Å². The minimum atomic E-state index is -0.647. The Hall–Kier alpha value is -3.65. The predicted octanol–water partition coefficient (Wildman–Crippen LogP) is 3.60. The number of fused-ring (bicyclic) bond motifs is 3. The van der Waals surface area contributed by atoms with Gasteiger partial charge >= 0.3 is 0 Å². The molecule has 2 aliphatic heterocycles. The lowest BCUT2D eigenvalue weighted by molar-refractivity contribution is 0.0720. The SMILES string of the molecule is CC[C@@]12COCCN1c1nc(-c3cccnc3-c3ccccc3)ncc1N(C=N)C2=N. The summed E-state index contributed by atoms with van der Waals surface area (Å²) in [5, 5.41) is 16.7. The van der Waals surface area contributed by atoms with Crippen molar-refractivity contribution >= 4 is 23.7 Å². The van der Waals surface area contributed by atoms with E-state index in [-0.39, 0.29) is 0 Å². The molecule has 0 radical (unpaired) electrons. The highest BCUT2D eigenvalue weighted by atomic mass is 16.5. The average Bonchev–Trinajstić information content (AvgIpc) is 2.85. The average molecular weight is 413 g/mol. The molecule has 2 aliphatic rings. The van der Waals surface area contributed by atoms with E-state index in [1.54, 1.807) is 17.3 Å². The van der Waals surface area contributed by atoms with Crippen molar-refractivity contribution in [3.05, 3.63) is 54.9 Å². The lowest BCUT2D eigenvalue weighted by Gasteiger charge is -2.52. The van der Waals surface area contributed by atoms with E-state index < -0.39 is 5.54 Å². The molecule has 0 bridgehead atoms. The van der Waals surface area contributed by atoms with Crippen LogP contribution < -0.4 is 9.80 Å². The summed E-state index contributed by atoms with van der Waals surface area (Å²) in [5.41, 5.74) is 2.65. The summed E-state index contributed by atoms with van der Waals surface area (Å²) in [6.07, 6.45) is 5.31. The van der Waals surface area contributed by atoms with Gasteiger partial charge < -0.3 is 9.64 Å². The van der Waals surface area contributed by atoms with Crippen molar-refractivity contribution in [3.8, 4) is 22.6 Å². The molecule has 4 heterocycles. The zero-order chi connectivity index (χ0) is 21.4. The van der Waals surface area contributed by atoms with Gasteiger partial charge in [0.05, 0.1) is 31.4 Å². The second-order valence-electron chi connectivity index (χ2n) is 7.61. The Balaban J connectivity index is 1.69. The van der Waals surface area contributed by atoms with Gasteiger partial charge in [0.25, 0.3) is 0 Å². The van der Waals surface area contributed by atoms with Gasteiger partial charge in [0.2, 0.25) is 0 Å². The topological polar surface area (TPSA) is 102 Å². The van der Waals surface area contributed by atoms with E-state index in [0.717, 1.165) is 29.0 Å². The van der Waals surface area contributed by atoms with E-state index >= 15 is 0 Å². The Morgan fingerprint density at radius 2 is 2.00 bits per heavy atom. The van der Waals surface area contributed by atoms with Gasteiger partial charge in [-0.05, 0) is 18.6 Å². The Bertz CT molecular complexity index is 1150. The number of morpholine rings is 1. The molecular formula is C23H23N7O. The molecule has 156 valence electrons. The maximum atomic E-state index is 8.80. The van der Waals surface area contributed by atoms with Gasteiger partial charge in [-0.25, -0.2) is 9.97 Å². The molecule has 8 heteroatoms. The Labute approximate surface area is 180 Å². The fraction of sp³-hybridized carbons (Fsp3) is 0.261. The Morgan fingerprint density at radius 3 is 2.77 bits per heavy atom. The molecule has 3 aromatic rings. The molecule has 2 N–H and O–H groups in total. The van der Waals surface area contributed by atoms with Crippen molar-refractivity contribution in [2.24, 2.45) is 0 Å². The normalized spacial score (nSPS) is 20.2. The van der Waals surface area contributed by atoms with Crippen LogP contribution in [-0.4, -0.2) is 52.4 Å². The van der Waals surface area contributed by atoms with Crippen LogP contribution in [0, 0.1) is 10.8 Å². The van der Waals surface area contributed by atoms with Crippen LogP contribution in [0.3, 0.4) is 0 Å². The standard InChI is InChI=1S/C23H23N7O/c1-2-23-14-31-12-11-30(23)21-18(29(15-24)22(23)25)13-27-20(28-21)17-9-6-10-26-19(17)16-7-4-3-5-8-16/h3-10,13,15,24-25H,2,11-12,14H2,1H3/t23-/m0/s1. The molecule has 0 unspecified atom stereocenters. The van der Waals surface area contributed by atoms with Crippen LogP contribution in [0.4, 0.5) is 11.5 Å². The highest BCUT2D eigenvalue weighted by Gasteiger charge is 2.50. The van der Waals surface area contributed by atoms with Gasteiger partial charge in [-0.1, -0.05) is 37.3 Å². The minimum Gasteiger partial charge on any atom is -0.377 e. The van der Waals surface area contributed by atoms with Crippen molar-refractivity contribution in [1.29, 1.82) is 10.8 Å². The van der Waals surface area contributed by atoms with Crippen LogP contribution in [0.5, 0.6) is 0 Å². The maximum Gasteiger partial charge on any atom is 0.163 e. The first kappa shape index (κ1) is 19.3. The van der Waals surface area contributed by atoms with Crippen LogP contribution in [0.1, 0.15) is 13.3 Å².